The number of nitrogens with zero attached hydrogens (tertiary/aromatic N) is 1. The fraction of sp³-hybridized carbons (Fsp3) is 0.438. The van der Waals surface area contributed by atoms with Gasteiger partial charge in [-0.3, -0.25) is 0 Å². The number of nitrogens with one attached hydrogen (secondary N) is 1. The molecule has 0 fully saturated rings. The SMILES string of the molecule is CCCNCc1sc(Cc2cccc(Br)c2)nc1COC. The van der Waals surface area contributed by atoms with E-state index >= 15 is 0 Å². The van der Waals surface area contributed by atoms with Gasteiger partial charge < -0.3 is 10.1 Å². The van der Waals surface area contributed by atoms with Crippen LogP contribution in [0.3, 0.4) is 0 Å². The van der Waals surface area contributed by atoms with Crippen LogP contribution in [-0.4, -0.2) is 18.6 Å². The molecule has 0 aliphatic carbocycles. The summed E-state index contributed by atoms with van der Waals surface area (Å²) in [5.41, 5.74) is 2.34. The lowest BCUT2D eigenvalue weighted by Crippen LogP contribution is -2.14. The number of methoxy groups -OCH3 is 1. The van der Waals surface area contributed by atoms with Crippen LogP contribution in [0.15, 0.2) is 28.7 Å². The Bertz CT molecular complexity index is 571. The van der Waals surface area contributed by atoms with Crippen LogP contribution in [0.2, 0.25) is 0 Å². The van der Waals surface area contributed by atoms with Gasteiger partial charge in [-0.05, 0) is 30.7 Å². The van der Waals surface area contributed by atoms with Crippen LogP contribution in [0, 0.1) is 0 Å². The Labute approximate surface area is 138 Å². The van der Waals surface area contributed by atoms with Gasteiger partial charge in [0.25, 0.3) is 0 Å². The Morgan fingerprint density at radius 1 is 1.38 bits per heavy atom. The van der Waals surface area contributed by atoms with E-state index in [2.05, 4.69) is 46.4 Å². The van der Waals surface area contributed by atoms with E-state index in [1.807, 2.05) is 6.07 Å². The van der Waals surface area contributed by atoms with Gasteiger partial charge in [-0.1, -0.05) is 35.0 Å². The molecule has 0 spiro atoms. The summed E-state index contributed by atoms with van der Waals surface area (Å²) in [6.07, 6.45) is 2.01. The van der Waals surface area contributed by atoms with E-state index < -0.39 is 0 Å². The van der Waals surface area contributed by atoms with E-state index in [1.54, 1.807) is 18.4 Å². The lowest BCUT2D eigenvalue weighted by Gasteiger charge is -2.02. The predicted molar refractivity (Wildman–Crippen MR) is 91.8 cm³/mol. The first-order chi connectivity index (χ1) is 10.2. The lowest BCUT2D eigenvalue weighted by atomic mass is 10.2. The van der Waals surface area contributed by atoms with Gasteiger partial charge in [0.15, 0.2) is 0 Å². The predicted octanol–water partition coefficient (Wildman–Crippen LogP) is 4.14. The molecule has 3 nitrogen and oxygen atoms in total. The number of hydrogen-bond donors (Lipinski definition) is 1. The van der Waals surface area contributed by atoms with Crippen molar-refractivity contribution >= 4 is 27.3 Å². The molecule has 1 N–H and O–H groups in total. The zero-order chi connectivity index (χ0) is 15.1. The topological polar surface area (TPSA) is 34.2 Å². The van der Waals surface area contributed by atoms with E-state index in [0.29, 0.717) is 6.61 Å². The van der Waals surface area contributed by atoms with Crippen LogP contribution >= 0.6 is 27.3 Å². The highest BCUT2D eigenvalue weighted by atomic mass is 79.9. The zero-order valence-corrected chi connectivity index (χ0v) is 14.9. The normalized spacial score (nSPS) is 11.0. The van der Waals surface area contributed by atoms with Crippen molar-refractivity contribution in [1.29, 1.82) is 0 Å². The van der Waals surface area contributed by atoms with E-state index in [0.717, 1.165) is 41.1 Å². The molecule has 2 rings (SSSR count). The summed E-state index contributed by atoms with van der Waals surface area (Å²) in [6, 6.07) is 8.39. The summed E-state index contributed by atoms with van der Waals surface area (Å²) in [6.45, 7) is 4.67. The molecule has 2 aromatic rings. The standard InChI is InChI=1S/C16H21BrN2OS/c1-3-7-18-10-15-14(11-20-2)19-16(21-15)9-12-5-4-6-13(17)8-12/h4-6,8,18H,3,7,9-11H2,1-2H3. The van der Waals surface area contributed by atoms with Gasteiger partial charge in [-0.25, -0.2) is 4.98 Å². The van der Waals surface area contributed by atoms with Crippen molar-refractivity contribution in [2.75, 3.05) is 13.7 Å². The molecule has 0 aliphatic heterocycles. The summed E-state index contributed by atoms with van der Waals surface area (Å²) in [7, 11) is 1.72. The average molecular weight is 369 g/mol. The molecule has 0 radical (unpaired) electrons. The van der Waals surface area contributed by atoms with Crippen molar-refractivity contribution in [3.8, 4) is 0 Å². The Morgan fingerprint density at radius 2 is 2.24 bits per heavy atom. The van der Waals surface area contributed by atoms with Crippen LogP contribution in [0.5, 0.6) is 0 Å². The minimum absolute atomic E-state index is 0.581. The fourth-order valence-electron chi connectivity index (χ4n) is 2.10. The molecule has 0 saturated carbocycles. The smallest absolute Gasteiger partial charge is 0.0976 e. The Balaban J connectivity index is 2.10. The van der Waals surface area contributed by atoms with Crippen molar-refractivity contribution in [3.63, 3.8) is 0 Å². The van der Waals surface area contributed by atoms with Gasteiger partial charge in [0.2, 0.25) is 0 Å². The maximum Gasteiger partial charge on any atom is 0.0976 e. The molecule has 114 valence electrons. The first-order valence-corrected chi connectivity index (χ1v) is 8.75. The number of ether oxygens (including phenoxy) is 1. The molecule has 0 aliphatic rings. The monoisotopic (exact) mass is 368 g/mol. The van der Waals surface area contributed by atoms with Gasteiger partial charge in [-0.2, -0.15) is 0 Å². The maximum atomic E-state index is 5.27. The molecule has 1 aromatic carbocycles. The van der Waals surface area contributed by atoms with Crippen molar-refractivity contribution in [1.82, 2.24) is 10.3 Å². The third-order valence-electron chi connectivity index (χ3n) is 3.06. The highest BCUT2D eigenvalue weighted by Gasteiger charge is 2.11. The minimum atomic E-state index is 0.581. The largest absolute Gasteiger partial charge is 0.378 e. The third kappa shape index (κ3) is 5.18. The molecule has 5 heteroatoms. The van der Waals surface area contributed by atoms with Crippen molar-refractivity contribution in [3.05, 3.63) is 49.9 Å². The highest BCUT2D eigenvalue weighted by molar-refractivity contribution is 9.10. The molecular weight excluding hydrogens is 348 g/mol. The quantitative estimate of drug-likeness (QED) is 0.710. The second-order valence-electron chi connectivity index (χ2n) is 4.89. The van der Waals surface area contributed by atoms with Crippen LogP contribution in [-0.2, 0) is 24.3 Å². The Hall–Kier alpha value is -0.750. The third-order valence-corrected chi connectivity index (χ3v) is 4.65. The summed E-state index contributed by atoms with van der Waals surface area (Å²) < 4.78 is 6.38. The van der Waals surface area contributed by atoms with Gasteiger partial charge >= 0.3 is 0 Å². The van der Waals surface area contributed by atoms with Crippen LogP contribution in [0.25, 0.3) is 0 Å². The number of hydrogen-bond acceptors (Lipinski definition) is 4. The van der Waals surface area contributed by atoms with Crippen molar-refractivity contribution in [2.45, 2.75) is 32.9 Å². The van der Waals surface area contributed by atoms with Crippen LogP contribution in [0.1, 0.15) is 34.5 Å². The van der Waals surface area contributed by atoms with Crippen molar-refractivity contribution in [2.24, 2.45) is 0 Å². The first kappa shape index (κ1) is 16.6. The first-order valence-electron chi connectivity index (χ1n) is 7.14. The van der Waals surface area contributed by atoms with Crippen LogP contribution < -0.4 is 5.32 Å². The Kier molecular flexibility index (Phi) is 6.83. The van der Waals surface area contributed by atoms with Crippen LogP contribution in [0.4, 0.5) is 0 Å². The summed E-state index contributed by atoms with van der Waals surface area (Å²) >= 11 is 5.30. The van der Waals surface area contributed by atoms with Gasteiger partial charge in [0, 0.05) is 29.4 Å². The fourth-order valence-corrected chi connectivity index (χ4v) is 3.62. The number of thiazole rings is 1. The summed E-state index contributed by atoms with van der Waals surface area (Å²) in [4.78, 5) is 6.03. The minimum Gasteiger partial charge on any atom is -0.378 e. The number of aromatic nitrogens is 1. The number of rotatable bonds is 8. The van der Waals surface area contributed by atoms with Gasteiger partial charge in [0.1, 0.15) is 0 Å². The Morgan fingerprint density at radius 3 is 2.95 bits per heavy atom. The summed E-state index contributed by atoms with van der Waals surface area (Å²) in [5.74, 6) is 0. The van der Waals surface area contributed by atoms with E-state index in [-0.39, 0.29) is 0 Å². The average Bonchev–Trinajstić information content (AvgIpc) is 2.81. The lowest BCUT2D eigenvalue weighted by molar-refractivity contribution is 0.181. The molecule has 21 heavy (non-hydrogen) atoms. The molecule has 0 bridgehead atoms. The second-order valence-corrected chi connectivity index (χ2v) is 6.98. The van der Waals surface area contributed by atoms with E-state index in [9.17, 15) is 0 Å². The van der Waals surface area contributed by atoms with Gasteiger partial charge in [0.05, 0.1) is 17.3 Å². The number of benzene rings is 1. The molecule has 0 unspecified atom stereocenters. The summed E-state index contributed by atoms with van der Waals surface area (Å²) in [5, 5.41) is 4.59. The molecule has 0 amide bonds. The second kappa shape index (κ2) is 8.63. The zero-order valence-electron chi connectivity index (χ0n) is 12.5. The number of halogens is 1. The highest BCUT2D eigenvalue weighted by Crippen LogP contribution is 2.23. The molecule has 1 aromatic heterocycles. The molecule has 0 atom stereocenters. The molecular formula is C16H21BrN2OS. The molecule has 0 saturated heterocycles. The molecule has 1 heterocycles. The van der Waals surface area contributed by atoms with E-state index in [4.69, 9.17) is 9.72 Å². The van der Waals surface area contributed by atoms with E-state index in [1.165, 1.54) is 10.4 Å². The van der Waals surface area contributed by atoms with Gasteiger partial charge in [-0.15, -0.1) is 11.3 Å². The maximum absolute atomic E-state index is 5.27. The van der Waals surface area contributed by atoms with Crippen molar-refractivity contribution < 1.29 is 4.74 Å².